The molecule has 2 aromatic rings. The first-order valence-electron chi connectivity index (χ1n) is 5.49. The van der Waals surface area contributed by atoms with E-state index in [1.54, 1.807) is 12.4 Å². The molecule has 0 atom stereocenters. The summed E-state index contributed by atoms with van der Waals surface area (Å²) >= 11 is 0. The molecule has 1 heterocycles. The summed E-state index contributed by atoms with van der Waals surface area (Å²) < 4.78 is 38.6. The first kappa shape index (κ1) is 13.1. The number of carbonyl (C=O) groups is 1. The Labute approximate surface area is 106 Å². The van der Waals surface area contributed by atoms with Crippen LogP contribution in [0.5, 0.6) is 0 Å². The Morgan fingerprint density at radius 3 is 2.53 bits per heavy atom. The summed E-state index contributed by atoms with van der Waals surface area (Å²) in [4.78, 5) is 18.4. The molecule has 0 aliphatic rings. The zero-order valence-corrected chi connectivity index (χ0v) is 9.71. The molecule has 1 aromatic carbocycles. The van der Waals surface area contributed by atoms with Gasteiger partial charge in [-0.15, -0.1) is 0 Å². The van der Waals surface area contributed by atoms with E-state index in [-0.39, 0.29) is 12.1 Å². The van der Waals surface area contributed by atoms with Crippen LogP contribution in [0.2, 0.25) is 0 Å². The van der Waals surface area contributed by atoms with Gasteiger partial charge in [0.15, 0.2) is 17.5 Å². The van der Waals surface area contributed by atoms with E-state index < -0.39 is 23.4 Å². The van der Waals surface area contributed by atoms with Gasteiger partial charge in [-0.05, 0) is 12.1 Å². The van der Waals surface area contributed by atoms with Crippen molar-refractivity contribution >= 4 is 5.91 Å². The van der Waals surface area contributed by atoms with Crippen molar-refractivity contribution in [2.75, 3.05) is 6.54 Å². The second kappa shape index (κ2) is 5.55. The van der Waals surface area contributed by atoms with Gasteiger partial charge in [-0.3, -0.25) is 4.79 Å². The van der Waals surface area contributed by atoms with Gasteiger partial charge in [-0.25, -0.2) is 18.2 Å². The molecule has 19 heavy (non-hydrogen) atoms. The van der Waals surface area contributed by atoms with E-state index >= 15 is 0 Å². The zero-order valence-electron chi connectivity index (χ0n) is 9.71. The van der Waals surface area contributed by atoms with Gasteiger partial charge in [0.25, 0.3) is 5.91 Å². The van der Waals surface area contributed by atoms with Crippen molar-refractivity contribution in [1.82, 2.24) is 15.3 Å². The number of nitrogens with zero attached hydrogens (tertiary/aromatic N) is 1. The van der Waals surface area contributed by atoms with Crippen molar-refractivity contribution < 1.29 is 18.0 Å². The fraction of sp³-hybridized carbons (Fsp3) is 0.167. The number of benzene rings is 1. The van der Waals surface area contributed by atoms with Crippen molar-refractivity contribution in [2.24, 2.45) is 0 Å². The van der Waals surface area contributed by atoms with E-state index in [9.17, 15) is 18.0 Å². The van der Waals surface area contributed by atoms with E-state index in [1.807, 2.05) is 0 Å². The highest BCUT2D eigenvalue weighted by molar-refractivity contribution is 5.94. The predicted octanol–water partition coefficient (Wildman–Crippen LogP) is 1.80. The Morgan fingerprint density at radius 2 is 1.95 bits per heavy atom. The molecule has 4 nitrogen and oxygen atoms in total. The minimum Gasteiger partial charge on any atom is -0.352 e. The van der Waals surface area contributed by atoms with Crippen LogP contribution in [0.15, 0.2) is 24.5 Å². The quantitative estimate of drug-likeness (QED) is 0.831. The molecule has 0 fully saturated rings. The Balaban J connectivity index is 1.96. The topological polar surface area (TPSA) is 57.8 Å². The lowest BCUT2D eigenvalue weighted by Crippen LogP contribution is -2.26. The third-order valence-corrected chi connectivity index (χ3v) is 2.45. The Morgan fingerprint density at radius 1 is 1.26 bits per heavy atom. The number of imidazole rings is 1. The Kier molecular flexibility index (Phi) is 3.84. The predicted molar refractivity (Wildman–Crippen MR) is 60.9 cm³/mol. The number of carbonyl (C=O) groups excluding carboxylic acids is 1. The second-order valence-electron chi connectivity index (χ2n) is 3.80. The number of halogens is 3. The highest BCUT2D eigenvalue weighted by Gasteiger charge is 2.14. The lowest BCUT2D eigenvalue weighted by Gasteiger charge is -2.05. The Hall–Kier alpha value is -2.31. The summed E-state index contributed by atoms with van der Waals surface area (Å²) in [5, 5.41) is 2.46. The SMILES string of the molecule is O=C(NCCc1ncc[nH]1)c1cc(F)c(F)c(F)c1. The lowest BCUT2D eigenvalue weighted by atomic mass is 10.2. The number of hydrogen-bond acceptors (Lipinski definition) is 2. The van der Waals surface area contributed by atoms with Crippen LogP contribution in [0.4, 0.5) is 13.2 Å². The minimum atomic E-state index is -1.59. The van der Waals surface area contributed by atoms with Crippen LogP contribution in [0.3, 0.4) is 0 Å². The van der Waals surface area contributed by atoms with Gasteiger partial charge in [0, 0.05) is 30.9 Å². The molecule has 1 amide bonds. The van der Waals surface area contributed by atoms with E-state index in [0.29, 0.717) is 24.4 Å². The van der Waals surface area contributed by atoms with Crippen LogP contribution < -0.4 is 5.32 Å². The number of aromatic nitrogens is 2. The third kappa shape index (κ3) is 3.12. The lowest BCUT2D eigenvalue weighted by molar-refractivity contribution is 0.0953. The summed E-state index contributed by atoms with van der Waals surface area (Å²) in [5.41, 5.74) is -0.268. The number of aromatic amines is 1. The smallest absolute Gasteiger partial charge is 0.251 e. The van der Waals surface area contributed by atoms with E-state index in [0.717, 1.165) is 0 Å². The number of nitrogens with one attached hydrogen (secondary N) is 2. The molecule has 0 unspecified atom stereocenters. The van der Waals surface area contributed by atoms with E-state index in [2.05, 4.69) is 15.3 Å². The van der Waals surface area contributed by atoms with E-state index in [4.69, 9.17) is 0 Å². The highest BCUT2D eigenvalue weighted by Crippen LogP contribution is 2.13. The van der Waals surface area contributed by atoms with Gasteiger partial charge in [0.05, 0.1) is 0 Å². The maximum absolute atomic E-state index is 12.9. The average molecular weight is 269 g/mol. The normalized spacial score (nSPS) is 10.5. The Bertz CT molecular complexity index is 561. The van der Waals surface area contributed by atoms with Gasteiger partial charge in [0.2, 0.25) is 0 Å². The van der Waals surface area contributed by atoms with Gasteiger partial charge in [-0.1, -0.05) is 0 Å². The number of H-pyrrole nitrogens is 1. The summed E-state index contributed by atoms with van der Waals surface area (Å²) in [5.74, 6) is -4.37. The van der Waals surface area contributed by atoms with Crippen LogP contribution in [0.25, 0.3) is 0 Å². The molecule has 0 aliphatic heterocycles. The number of hydrogen-bond donors (Lipinski definition) is 2. The minimum absolute atomic E-state index is 0.243. The van der Waals surface area contributed by atoms with Crippen LogP contribution in [-0.4, -0.2) is 22.4 Å². The van der Waals surface area contributed by atoms with Crippen molar-refractivity contribution in [1.29, 1.82) is 0 Å². The monoisotopic (exact) mass is 269 g/mol. The molecular formula is C12H10F3N3O. The molecular weight excluding hydrogens is 259 g/mol. The third-order valence-electron chi connectivity index (χ3n) is 2.45. The van der Waals surface area contributed by atoms with Crippen molar-refractivity contribution in [3.8, 4) is 0 Å². The molecule has 0 radical (unpaired) electrons. The van der Waals surface area contributed by atoms with Crippen LogP contribution in [-0.2, 0) is 6.42 Å². The van der Waals surface area contributed by atoms with Gasteiger partial charge < -0.3 is 10.3 Å². The summed E-state index contributed by atoms with van der Waals surface area (Å²) in [7, 11) is 0. The fourth-order valence-corrected chi connectivity index (χ4v) is 1.52. The number of amides is 1. The van der Waals surface area contributed by atoms with Crippen LogP contribution in [0.1, 0.15) is 16.2 Å². The maximum Gasteiger partial charge on any atom is 0.251 e. The fourth-order valence-electron chi connectivity index (χ4n) is 1.52. The molecule has 0 bridgehead atoms. The molecule has 2 N–H and O–H groups in total. The molecule has 1 aromatic heterocycles. The molecule has 0 spiro atoms. The van der Waals surface area contributed by atoms with Crippen molar-refractivity contribution in [3.05, 3.63) is 53.4 Å². The maximum atomic E-state index is 12.9. The molecule has 100 valence electrons. The summed E-state index contributed by atoms with van der Waals surface area (Å²) in [6.45, 7) is 0.243. The second-order valence-corrected chi connectivity index (χ2v) is 3.80. The standard InChI is InChI=1S/C12H10F3N3O/c13-8-5-7(6-9(14)11(8)15)12(19)18-2-1-10-16-3-4-17-10/h3-6H,1-2H2,(H,16,17)(H,18,19). The van der Waals surface area contributed by atoms with E-state index in [1.165, 1.54) is 0 Å². The molecule has 0 saturated heterocycles. The van der Waals surface area contributed by atoms with Crippen LogP contribution >= 0.6 is 0 Å². The summed E-state index contributed by atoms with van der Waals surface area (Å²) in [6.07, 6.45) is 3.66. The van der Waals surface area contributed by atoms with Crippen LogP contribution in [0, 0.1) is 17.5 Å². The molecule has 0 aliphatic carbocycles. The average Bonchev–Trinajstić information content (AvgIpc) is 2.88. The summed E-state index contributed by atoms with van der Waals surface area (Å²) in [6, 6.07) is 1.31. The highest BCUT2D eigenvalue weighted by atomic mass is 19.2. The van der Waals surface area contributed by atoms with Gasteiger partial charge in [-0.2, -0.15) is 0 Å². The molecule has 0 saturated carbocycles. The van der Waals surface area contributed by atoms with Crippen molar-refractivity contribution in [2.45, 2.75) is 6.42 Å². The van der Waals surface area contributed by atoms with Gasteiger partial charge in [0.1, 0.15) is 5.82 Å². The molecule has 2 rings (SSSR count). The first-order valence-corrected chi connectivity index (χ1v) is 5.49. The van der Waals surface area contributed by atoms with Crippen molar-refractivity contribution in [3.63, 3.8) is 0 Å². The molecule has 7 heteroatoms. The number of rotatable bonds is 4. The largest absolute Gasteiger partial charge is 0.352 e. The zero-order chi connectivity index (χ0) is 13.8. The first-order chi connectivity index (χ1) is 9.08. The van der Waals surface area contributed by atoms with Gasteiger partial charge >= 0.3 is 0 Å².